The Labute approximate surface area is 245 Å². The number of halogens is 3. The number of carbonyl (C=O) groups is 1. The first-order chi connectivity index (χ1) is 19.4. The molecule has 1 saturated heterocycles. The molecule has 0 bridgehead atoms. The SMILES string of the molecule is O=C(CSc1nc2ccc(I)cc2c2nc(=O)c(-c3ccc(F)cc3)nn12)N1CCN(c2ccccc2F)CC1. The van der Waals surface area contributed by atoms with Gasteiger partial charge in [0.15, 0.2) is 16.5 Å². The van der Waals surface area contributed by atoms with Gasteiger partial charge in [0.1, 0.15) is 11.6 Å². The van der Waals surface area contributed by atoms with Gasteiger partial charge in [0.25, 0.3) is 5.56 Å². The molecule has 5 aromatic rings. The summed E-state index contributed by atoms with van der Waals surface area (Å²) in [4.78, 5) is 38.9. The van der Waals surface area contributed by atoms with Crippen LogP contribution in [-0.2, 0) is 4.79 Å². The average molecular weight is 670 g/mol. The zero-order chi connectivity index (χ0) is 27.8. The van der Waals surface area contributed by atoms with E-state index < -0.39 is 11.4 Å². The predicted octanol–water partition coefficient (Wildman–Crippen LogP) is 4.63. The van der Waals surface area contributed by atoms with Crippen molar-refractivity contribution >= 4 is 62.5 Å². The maximum Gasteiger partial charge on any atom is 0.300 e. The lowest BCUT2D eigenvalue weighted by Crippen LogP contribution is -2.49. The van der Waals surface area contributed by atoms with Crippen molar-refractivity contribution in [1.29, 1.82) is 0 Å². The summed E-state index contributed by atoms with van der Waals surface area (Å²) in [6, 6.07) is 17.7. The first-order valence-electron chi connectivity index (χ1n) is 12.4. The van der Waals surface area contributed by atoms with Crippen LogP contribution in [0.2, 0.25) is 0 Å². The number of aromatic nitrogens is 4. The van der Waals surface area contributed by atoms with Crippen LogP contribution in [0.4, 0.5) is 14.5 Å². The predicted molar refractivity (Wildman–Crippen MR) is 159 cm³/mol. The minimum absolute atomic E-state index is 0.0571. The standard InChI is InChI=1S/C28H21F2IN6O2S/c29-18-7-5-17(6-8-18)25-27(39)33-26-20-15-19(31)9-10-22(20)32-28(37(26)34-25)40-16-24(38)36-13-11-35(12-14-36)23-4-2-1-3-21(23)30/h1-10,15H,11-14,16H2. The van der Waals surface area contributed by atoms with E-state index in [0.29, 0.717) is 59.1 Å². The zero-order valence-electron chi connectivity index (χ0n) is 20.9. The molecule has 202 valence electrons. The molecule has 1 aliphatic heterocycles. The Bertz CT molecular complexity index is 1810. The van der Waals surface area contributed by atoms with Gasteiger partial charge in [0, 0.05) is 40.7 Å². The Hall–Kier alpha value is -3.65. The number of hydrogen-bond acceptors (Lipinski definition) is 7. The minimum Gasteiger partial charge on any atom is -0.366 e. The summed E-state index contributed by atoms with van der Waals surface area (Å²) < 4.78 is 30.1. The van der Waals surface area contributed by atoms with Gasteiger partial charge in [-0.3, -0.25) is 9.59 Å². The highest BCUT2D eigenvalue weighted by Crippen LogP contribution is 2.26. The number of fused-ring (bicyclic) bond motifs is 3. The molecule has 0 radical (unpaired) electrons. The molecule has 1 aliphatic rings. The molecule has 1 fully saturated rings. The second-order valence-corrected chi connectivity index (χ2v) is 11.4. The summed E-state index contributed by atoms with van der Waals surface area (Å²) in [6.45, 7) is 2.00. The Morgan fingerprint density at radius 2 is 1.70 bits per heavy atom. The van der Waals surface area contributed by atoms with Gasteiger partial charge in [-0.05, 0) is 77.2 Å². The number of carbonyl (C=O) groups excluding carboxylic acids is 1. The van der Waals surface area contributed by atoms with Crippen molar-refractivity contribution in [3.05, 3.63) is 92.3 Å². The van der Waals surface area contributed by atoms with Crippen LogP contribution in [0.1, 0.15) is 0 Å². The molecule has 0 spiro atoms. The molecule has 2 aromatic heterocycles. The summed E-state index contributed by atoms with van der Waals surface area (Å²) >= 11 is 3.38. The Balaban J connectivity index is 1.28. The van der Waals surface area contributed by atoms with E-state index in [1.54, 1.807) is 23.1 Å². The molecule has 8 nitrogen and oxygen atoms in total. The number of anilines is 1. The van der Waals surface area contributed by atoms with Crippen LogP contribution in [0.3, 0.4) is 0 Å². The molecule has 40 heavy (non-hydrogen) atoms. The number of thioether (sulfide) groups is 1. The molecule has 0 N–H and O–H groups in total. The molecule has 12 heteroatoms. The van der Waals surface area contributed by atoms with Crippen molar-refractivity contribution in [1.82, 2.24) is 24.5 Å². The average Bonchev–Trinajstić information content (AvgIpc) is 2.96. The number of rotatable bonds is 5. The summed E-state index contributed by atoms with van der Waals surface area (Å²) in [5.74, 6) is -0.689. The van der Waals surface area contributed by atoms with Gasteiger partial charge >= 0.3 is 0 Å². The van der Waals surface area contributed by atoms with Crippen LogP contribution in [0, 0.1) is 15.2 Å². The molecular weight excluding hydrogens is 649 g/mol. The van der Waals surface area contributed by atoms with Gasteiger partial charge < -0.3 is 9.80 Å². The smallest absolute Gasteiger partial charge is 0.300 e. The van der Waals surface area contributed by atoms with Crippen LogP contribution in [0.25, 0.3) is 27.8 Å². The third kappa shape index (κ3) is 5.24. The molecule has 0 aliphatic carbocycles. The van der Waals surface area contributed by atoms with E-state index in [4.69, 9.17) is 4.98 Å². The fourth-order valence-corrected chi connectivity index (χ4v) is 5.97. The fraction of sp³-hybridized carbons (Fsp3) is 0.179. The lowest BCUT2D eigenvalue weighted by molar-refractivity contribution is -0.128. The van der Waals surface area contributed by atoms with Crippen molar-refractivity contribution in [3.63, 3.8) is 0 Å². The van der Waals surface area contributed by atoms with E-state index in [1.165, 1.54) is 46.6 Å². The third-order valence-electron chi connectivity index (χ3n) is 6.68. The molecule has 0 atom stereocenters. The molecular formula is C28H21F2IN6O2S. The Kier molecular flexibility index (Phi) is 7.36. The van der Waals surface area contributed by atoms with E-state index >= 15 is 0 Å². The molecule has 6 rings (SSSR count). The minimum atomic E-state index is -0.544. The van der Waals surface area contributed by atoms with Crippen molar-refractivity contribution in [2.45, 2.75) is 5.16 Å². The van der Waals surface area contributed by atoms with Crippen LogP contribution >= 0.6 is 34.4 Å². The maximum absolute atomic E-state index is 14.2. The van der Waals surface area contributed by atoms with Gasteiger partial charge in [-0.15, -0.1) is 0 Å². The first kappa shape index (κ1) is 26.6. The Morgan fingerprint density at radius 3 is 2.45 bits per heavy atom. The lowest BCUT2D eigenvalue weighted by Gasteiger charge is -2.36. The van der Waals surface area contributed by atoms with E-state index in [2.05, 4.69) is 32.7 Å². The van der Waals surface area contributed by atoms with Crippen molar-refractivity contribution in [2.75, 3.05) is 36.8 Å². The maximum atomic E-state index is 14.2. The second-order valence-electron chi connectivity index (χ2n) is 9.17. The molecule has 3 heterocycles. The van der Waals surface area contributed by atoms with E-state index in [-0.39, 0.29) is 23.2 Å². The molecule has 1 amide bonds. The number of nitrogens with zero attached hydrogens (tertiary/aromatic N) is 6. The molecule has 0 unspecified atom stereocenters. The number of amides is 1. The number of piperazine rings is 1. The van der Waals surface area contributed by atoms with Gasteiger partial charge in [0.05, 0.1) is 17.0 Å². The number of para-hydroxylation sites is 1. The quantitative estimate of drug-likeness (QED) is 0.117. The highest BCUT2D eigenvalue weighted by molar-refractivity contribution is 14.1. The molecule has 3 aromatic carbocycles. The van der Waals surface area contributed by atoms with Crippen molar-refractivity contribution in [2.24, 2.45) is 0 Å². The van der Waals surface area contributed by atoms with Crippen LogP contribution in [0.15, 0.2) is 76.7 Å². The topological polar surface area (TPSA) is 83.7 Å². The summed E-state index contributed by atoms with van der Waals surface area (Å²) in [7, 11) is 0. The van der Waals surface area contributed by atoms with E-state index in [9.17, 15) is 18.4 Å². The normalized spacial score (nSPS) is 13.8. The van der Waals surface area contributed by atoms with Gasteiger partial charge in [-0.25, -0.2) is 13.8 Å². The number of hydrogen-bond donors (Lipinski definition) is 0. The third-order valence-corrected chi connectivity index (χ3v) is 8.26. The second kappa shape index (κ2) is 11.1. The number of benzene rings is 3. The van der Waals surface area contributed by atoms with E-state index in [0.717, 1.165) is 3.57 Å². The van der Waals surface area contributed by atoms with Gasteiger partial charge in [0.2, 0.25) is 5.91 Å². The van der Waals surface area contributed by atoms with Gasteiger partial charge in [-0.1, -0.05) is 23.9 Å². The summed E-state index contributed by atoms with van der Waals surface area (Å²) in [6.07, 6.45) is 0. The van der Waals surface area contributed by atoms with Gasteiger partial charge in [-0.2, -0.15) is 14.6 Å². The molecule has 0 saturated carbocycles. The lowest BCUT2D eigenvalue weighted by atomic mass is 10.1. The monoisotopic (exact) mass is 670 g/mol. The van der Waals surface area contributed by atoms with Crippen LogP contribution in [-0.4, -0.2) is 62.3 Å². The fourth-order valence-electron chi connectivity index (χ4n) is 4.63. The highest BCUT2D eigenvalue weighted by atomic mass is 127. The Morgan fingerprint density at radius 1 is 0.950 bits per heavy atom. The zero-order valence-corrected chi connectivity index (χ0v) is 23.9. The largest absolute Gasteiger partial charge is 0.366 e. The van der Waals surface area contributed by atoms with Crippen molar-refractivity contribution in [3.8, 4) is 11.3 Å². The van der Waals surface area contributed by atoms with E-state index in [1.807, 2.05) is 23.1 Å². The van der Waals surface area contributed by atoms with Crippen molar-refractivity contribution < 1.29 is 13.6 Å². The highest BCUT2D eigenvalue weighted by Gasteiger charge is 2.24. The summed E-state index contributed by atoms with van der Waals surface area (Å²) in [5, 5.41) is 5.62. The van der Waals surface area contributed by atoms with Crippen LogP contribution < -0.4 is 10.5 Å². The summed E-state index contributed by atoms with van der Waals surface area (Å²) in [5.41, 5.74) is 1.43. The first-order valence-corrected chi connectivity index (χ1v) is 14.5. The van der Waals surface area contributed by atoms with Crippen LogP contribution in [0.5, 0.6) is 0 Å².